The van der Waals surface area contributed by atoms with Crippen LogP contribution in [-0.4, -0.2) is 65.9 Å². The minimum absolute atomic E-state index is 0.0391. The summed E-state index contributed by atoms with van der Waals surface area (Å²) < 4.78 is 0. The molecule has 0 atom stereocenters. The normalized spacial score (nSPS) is 18.0. The van der Waals surface area contributed by atoms with Crippen LogP contribution in [0.3, 0.4) is 0 Å². The third-order valence-electron chi connectivity index (χ3n) is 4.47. The Bertz CT molecular complexity index is 621. The first-order valence-electron chi connectivity index (χ1n) is 8.02. The maximum atomic E-state index is 12.5. The first-order valence-corrected chi connectivity index (χ1v) is 8.02. The molecule has 3 amide bonds. The molecule has 0 radical (unpaired) electrons. The standard InChI is InChI=1S/C17H20N4O2/c18-13-14-3-5-15(6-4-14)16(22)19-9-11-21(12-10-19)17(23)20-7-1-2-8-20/h3-6H,1-2,7-12H2. The van der Waals surface area contributed by atoms with Crippen LogP contribution in [0.4, 0.5) is 4.79 Å². The lowest BCUT2D eigenvalue weighted by molar-refractivity contribution is 0.0645. The van der Waals surface area contributed by atoms with Gasteiger partial charge in [0.25, 0.3) is 5.91 Å². The Hall–Kier alpha value is -2.55. The van der Waals surface area contributed by atoms with Gasteiger partial charge in [-0.05, 0) is 37.1 Å². The zero-order valence-electron chi connectivity index (χ0n) is 13.1. The molecule has 2 saturated heterocycles. The minimum Gasteiger partial charge on any atom is -0.335 e. The van der Waals surface area contributed by atoms with Crippen LogP contribution < -0.4 is 0 Å². The number of nitrogens with zero attached hydrogens (tertiary/aromatic N) is 4. The Morgan fingerprint density at radius 3 is 1.91 bits per heavy atom. The second kappa shape index (κ2) is 6.69. The molecule has 6 nitrogen and oxygen atoms in total. The number of nitriles is 1. The monoisotopic (exact) mass is 312 g/mol. The highest BCUT2D eigenvalue weighted by Gasteiger charge is 2.28. The number of benzene rings is 1. The SMILES string of the molecule is N#Cc1ccc(C(=O)N2CCN(C(=O)N3CCCC3)CC2)cc1. The molecule has 1 aromatic carbocycles. The Balaban J connectivity index is 1.56. The maximum absolute atomic E-state index is 12.5. The number of amides is 3. The molecular weight excluding hydrogens is 292 g/mol. The lowest BCUT2D eigenvalue weighted by Crippen LogP contribution is -2.53. The molecule has 0 saturated carbocycles. The zero-order chi connectivity index (χ0) is 16.2. The average Bonchev–Trinajstić information content (AvgIpc) is 3.15. The van der Waals surface area contributed by atoms with Gasteiger partial charge in [-0.15, -0.1) is 0 Å². The molecule has 2 aliphatic heterocycles. The van der Waals surface area contributed by atoms with Gasteiger partial charge in [-0.25, -0.2) is 4.79 Å². The van der Waals surface area contributed by atoms with E-state index in [4.69, 9.17) is 5.26 Å². The Labute approximate surface area is 135 Å². The second-order valence-electron chi connectivity index (χ2n) is 5.95. The van der Waals surface area contributed by atoms with E-state index >= 15 is 0 Å². The number of piperazine rings is 1. The fourth-order valence-corrected chi connectivity index (χ4v) is 3.08. The quantitative estimate of drug-likeness (QED) is 0.790. The van der Waals surface area contributed by atoms with Crippen molar-refractivity contribution in [2.24, 2.45) is 0 Å². The van der Waals surface area contributed by atoms with Crippen molar-refractivity contribution in [3.05, 3.63) is 35.4 Å². The predicted octanol–water partition coefficient (Wildman–Crippen LogP) is 1.53. The van der Waals surface area contributed by atoms with E-state index < -0.39 is 0 Å². The lowest BCUT2D eigenvalue weighted by atomic mass is 10.1. The summed E-state index contributed by atoms with van der Waals surface area (Å²) in [4.78, 5) is 30.3. The molecule has 3 rings (SSSR count). The number of carbonyl (C=O) groups is 2. The highest BCUT2D eigenvalue weighted by atomic mass is 16.2. The molecule has 0 aromatic heterocycles. The van der Waals surface area contributed by atoms with E-state index in [1.807, 2.05) is 15.9 Å². The van der Waals surface area contributed by atoms with Gasteiger partial charge in [0.05, 0.1) is 11.6 Å². The van der Waals surface area contributed by atoms with Gasteiger partial charge in [0.15, 0.2) is 0 Å². The van der Waals surface area contributed by atoms with Gasteiger partial charge in [-0.1, -0.05) is 0 Å². The van der Waals surface area contributed by atoms with Crippen LogP contribution in [-0.2, 0) is 0 Å². The highest BCUT2D eigenvalue weighted by Crippen LogP contribution is 2.14. The molecule has 1 aromatic rings. The van der Waals surface area contributed by atoms with Gasteiger partial charge >= 0.3 is 6.03 Å². The lowest BCUT2D eigenvalue weighted by Gasteiger charge is -2.36. The zero-order valence-corrected chi connectivity index (χ0v) is 13.1. The fourth-order valence-electron chi connectivity index (χ4n) is 3.08. The van der Waals surface area contributed by atoms with Crippen molar-refractivity contribution < 1.29 is 9.59 Å². The summed E-state index contributed by atoms with van der Waals surface area (Å²) in [5, 5.41) is 8.80. The topological polar surface area (TPSA) is 67.6 Å². The van der Waals surface area contributed by atoms with Crippen LogP contribution in [0.2, 0.25) is 0 Å². The molecule has 2 aliphatic rings. The van der Waals surface area contributed by atoms with Crippen molar-refractivity contribution in [2.45, 2.75) is 12.8 Å². The van der Waals surface area contributed by atoms with Crippen LogP contribution >= 0.6 is 0 Å². The summed E-state index contributed by atoms with van der Waals surface area (Å²) >= 11 is 0. The van der Waals surface area contributed by atoms with Crippen molar-refractivity contribution in [1.29, 1.82) is 5.26 Å². The molecule has 6 heteroatoms. The number of hydrogen-bond donors (Lipinski definition) is 0. The maximum Gasteiger partial charge on any atom is 0.320 e. The van der Waals surface area contributed by atoms with E-state index in [1.54, 1.807) is 29.2 Å². The van der Waals surface area contributed by atoms with Crippen molar-refractivity contribution in [3.63, 3.8) is 0 Å². The third kappa shape index (κ3) is 3.29. The summed E-state index contributed by atoms with van der Waals surface area (Å²) in [5.41, 5.74) is 1.13. The Morgan fingerprint density at radius 2 is 1.35 bits per heavy atom. The predicted molar refractivity (Wildman–Crippen MR) is 84.8 cm³/mol. The molecule has 0 N–H and O–H groups in total. The van der Waals surface area contributed by atoms with Crippen LogP contribution in [0, 0.1) is 11.3 Å². The van der Waals surface area contributed by atoms with Crippen molar-refractivity contribution in [3.8, 4) is 6.07 Å². The van der Waals surface area contributed by atoms with Gasteiger partial charge in [0.1, 0.15) is 0 Å². The van der Waals surface area contributed by atoms with Crippen molar-refractivity contribution in [2.75, 3.05) is 39.3 Å². The molecule has 2 fully saturated rings. The summed E-state index contributed by atoms with van der Waals surface area (Å²) in [6.07, 6.45) is 2.17. The van der Waals surface area contributed by atoms with Crippen LogP contribution in [0.5, 0.6) is 0 Å². The van der Waals surface area contributed by atoms with E-state index in [1.165, 1.54) is 0 Å². The van der Waals surface area contributed by atoms with Crippen LogP contribution in [0.15, 0.2) is 24.3 Å². The van der Waals surface area contributed by atoms with Crippen molar-refractivity contribution >= 4 is 11.9 Å². The molecule has 0 spiro atoms. The molecule has 2 heterocycles. The van der Waals surface area contributed by atoms with Gasteiger partial charge in [0.2, 0.25) is 0 Å². The number of carbonyl (C=O) groups excluding carboxylic acids is 2. The minimum atomic E-state index is -0.0391. The van der Waals surface area contributed by atoms with E-state index in [-0.39, 0.29) is 11.9 Å². The molecule has 0 unspecified atom stereocenters. The summed E-state index contributed by atoms with van der Waals surface area (Å²) in [6.45, 7) is 3.97. The summed E-state index contributed by atoms with van der Waals surface area (Å²) in [7, 11) is 0. The van der Waals surface area contributed by atoms with Crippen LogP contribution in [0.1, 0.15) is 28.8 Å². The number of rotatable bonds is 1. The summed E-state index contributed by atoms with van der Waals surface area (Å²) in [5.74, 6) is -0.0391. The molecule has 23 heavy (non-hydrogen) atoms. The molecule has 0 bridgehead atoms. The van der Waals surface area contributed by atoms with E-state index in [2.05, 4.69) is 0 Å². The van der Waals surface area contributed by atoms with E-state index in [9.17, 15) is 9.59 Å². The van der Waals surface area contributed by atoms with E-state index in [0.29, 0.717) is 37.3 Å². The number of likely N-dealkylation sites (tertiary alicyclic amines) is 1. The Morgan fingerprint density at radius 1 is 0.826 bits per heavy atom. The van der Waals surface area contributed by atoms with Gasteiger partial charge in [0, 0.05) is 44.8 Å². The van der Waals surface area contributed by atoms with Gasteiger partial charge in [-0.3, -0.25) is 4.79 Å². The van der Waals surface area contributed by atoms with Gasteiger partial charge in [-0.2, -0.15) is 5.26 Å². The smallest absolute Gasteiger partial charge is 0.320 e. The number of urea groups is 1. The first-order chi connectivity index (χ1) is 11.2. The summed E-state index contributed by atoms with van der Waals surface area (Å²) in [6, 6.07) is 8.82. The third-order valence-corrected chi connectivity index (χ3v) is 4.47. The van der Waals surface area contributed by atoms with Crippen LogP contribution in [0.25, 0.3) is 0 Å². The van der Waals surface area contributed by atoms with Crippen molar-refractivity contribution in [1.82, 2.24) is 14.7 Å². The highest BCUT2D eigenvalue weighted by molar-refractivity contribution is 5.94. The number of hydrogen-bond acceptors (Lipinski definition) is 3. The molecular formula is C17H20N4O2. The average molecular weight is 312 g/mol. The van der Waals surface area contributed by atoms with Gasteiger partial charge < -0.3 is 14.7 Å². The molecule has 120 valence electrons. The Kier molecular flexibility index (Phi) is 4.47. The van der Waals surface area contributed by atoms with E-state index in [0.717, 1.165) is 25.9 Å². The second-order valence-corrected chi connectivity index (χ2v) is 5.95. The first kappa shape index (κ1) is 15.3. The largest absolute Gasteiger partial charge is 0.335 e. The molecule has 0 aliphatic carbocycles. The fraction of sp³-hybridized carbons (Fsp3) is 0.471.